The van der Waals surface area contributed by atoms with Crippen LogP contribution in [0.3, 0.4) is 0 Å². The van der Waals surface area contributed by atoms with Crippen LogP contribution in [0.25, 0.3) is 0 Å². The van der Waals surface area contributed by atoms with Gasteiger partial charge in [0.05, 0.1) is 4.90 Å². The lowest BCUT2D eigenvalue weighted by Crippen LogP contribution is -2.48. The van der Waals surface area contributed by atoms with Gasteiger partial charge in [-0.1, -0.05) is 12.1 Å². The number of hydrogen-bond acceptors (Lipinski definition) is 4. The number of piperazine rings is 1. The van der Waals surface area contributed by atoms with Crippen molar-refractivity contribution in [2.45, 2.75) is 24.7 Å². The normalized spacial score (nSPS) is 18.3. The van der Waals surface area contributed by atoms with Crippen molar-refractivity contribution in [3.8, 4) is 0 Å². The summed E-state index contributed by atoms with van der Waals surface area (Å²) >= 11 is 0. The number of aryl methyl sites for hydroxylation is 2. The first-order valence-electron chi connectivity index (χ1n) is 9.57. The van der Waals surface area contributed by atoms with E-state index >= 15 is 0 Å². The molecule has 0 aliphatic carbocycles. The third-order valence-corrected chi connectivity index (χ3v) is 7.53. The second kappa shape index (κ2) is 7.22. The molecule has 0 unspecified atom stereocenters. The van der Waals surface area contributed by atoms with Crippen molar-refractivity contribution in [2.75, 3.05) is 43.0 Å². The molecule has 0 radical (unpaired) electrons. The predicted octanol–water partition coefficient (Wildman–Crippen LogP) is 2.41. The van der Waals surface area contributed by atoms with Crippen molar-refractivity contribution < 1.29 is 13.2 Å². The van der Waals surface area contributed by atoms with E-state index in [2.05, 4.69) is 30.0 Å². The van der Waals surface area contributed by atoms with Gasteiger partial charge < -0.3 is 9.80 Å². The number of carbonyl (C=O) groups is 1. The molecule has 0 saturated carbocycles. The molecule has 0 atom stereocenters. The molecule has 6 nitrogen and oxygen atoms in total. The Kier molecular flexibility index (Phi) is 4.89. The quantitative estimate of drug-likeness (QED) is 0.795. The zero-order valence-corrected chi connectivity index (χ0v) is 17.1. The number of fused-ring (bicyclic) bond motifs is 1. The zero-order chi connectivity index (χ0) is 19.9. The van der Waals surface area contributed by atoms with Crippen LogP contribution in [0.1, 0.15) is 17.5 Å². The van der Waals surface area contributed by atoms with E-state index in [0.717, 1.165) is 16.9 Å². The van der Waals surface area contributed by atoms with Crippen LogP contribution >= 0.6 is 0 Å². The highest BCUT2D eigenvalue weighted by atomic mass is 32.2. The first-order chi connectivity index (χ1) is 13.4. The highest BCUT2D eigenvalue weighted by Gasteiger charge is 2.30. The van der Waals surface area contributed by atoms with Gasteiger partial charge >= 0.3 is 0 Å². The monoisotopic (exact) mass is 399 g/mol. The fraction of sp³-hybridized carbons (Fsp3) is 0.381. The number of carbonyl (C=O) groups excluding carboxylic acids is 1. The molecule has 7 heteroatoms. The van der Waals surface area contributed by atoms with Crippen molar-refractivity contribution in [3.05, 3.63) is 53.6 Å². The second-order valence-electron chi connectivity index (χ2n) is 7.47. The van der Waals surface area contributed by atoms with E-state index < -0.39 is 10.0 Å². The Hall–Kier alpha value is -2.38. The van der Waals surface area contributed by atoms with E-state index in [1.165, 1.54) is 5.56 Å². The average Bonchev–Trinajstić information content (AvgIpc) is 2.70. The van der Waals surface area contributed by atoms with Crippen molar-refractivity contribution in [1.29, 1.82) is 0 Å². The fourth-order valence-corrected chi connectivity index (χ4v) is 5.43. The summed E-state index contributed by atoms with van der Waals surface area (Å²) in [5.74, 6) is 0.0652. The minimum Gasteiger partial charge on any atom is -0.369 e. The zero-order valence-electron chi connectivity index (χ0n) is 16.3. The fourth-order valence-electron chi connectivity index (χ4n) is 3.95. The molecule has 2 aliphatic heterocycles. The third-order valence-electron chi connectivity index (χ3n) is 5.64. The number of rotatable bonds is 3. The molecule has 2 aromatic rings. The maximum Gasteiger partial charge on any atom is 0.243 e. The number of sulfonamides is 1. The number of anilines is 2. The molecule has 2 aromatic carbocycles. The van der Waals surface area contributed by atoms with Gasteiger partial charge in [-0.2, -0.15) is 4.31 Å². The van der Waals surface area contributed by atoms with Crippen molar-refractivity contribution >= 4 is 27.3 Å². The third kappa shape index (κ3) is 3.40. The van der Waals surface area contributed by atoms with Crippen LogP contribution in [-0.4, -0.2) is 51.9 Å². The molecular formula is C21H25N3O3S. The van der Waals surface area contributed by atoms with Crippen molar-refractivity contribution in [2.24, 2.45) is 0 Å². The van der Waals surface area contributed by atoms with Crippen molar-refractivity contribution in [3.63, 3.8) is 0 Å². The van der Waals surface area contributed by atoms with Gasteiger partial charge in [0, 0.05) is 51.0 Å². The molecule has 0 spiro atoms. The summed E-state index contributed by atoms with van der Waals surface area (Å²) < 4.78 is 27.9. The Bertz CT molecular complexity index is 1010. The smallest absolute Gasteiger partial charge is 0.243 e. The number of amides is 1. The summed E-state index contributed by atoms with van der Waals surface area (Å²) in [4.78, 5) is 16.0. The summed E-state index contributed by atoms with van der Waals surface area (Å²) in [5, 5.41) is 0. The van der Waals surface area contributed by atoms with Crippen LogP contribution in [0, 0.1) is 6.92 Å². The van der Waals surface area contributed by atoms with Crippen LogP contribution < -0.4 is 9.80 Å². The van der Waals surface area contributed by atoms with E-state index in [0.29, 0.717) is 43.9 Å². The number of nitrogens with zero attached hydrogens (tertiary/aromatic N) is 3. The molecule has 2 heterocycles. The molecule has 4 rings (SSSR count). The molecule has 1 saturated heterocycles. The van der Waals surface area contributed by atoms with E-state index in [1.807, 2.05) is 6.07 Å². The van der Waals surface area contributed by atoms with Gasteiger partial charge in [-0.25, -0.2) is 8.42 Å². The van der Waals surface area contributed by atoms with Gasteiger partial charge in [0.25, 0.3) is 0 Å². The summed E-state index contributed by atoms with van der Waals surface area (Å²) in [6, 6.07) is 13.4. The number of hydrogen-bond donors (Lipinski definition) is 0. The van der Waals surface area contributed by atoms with Gasteiger partial charge in [-0.05, 0) is 54.8 Å². The minimum absolute atomic E-state index is 0.0652. The molecule has 148 valence electrons. The minimum atomic E-state index is -3.54. The van der Waals surface area contributed by atoms with E-state index in [1.54, 1.807) is 34.5 Å². The Labute approximate surface area is 166 Å². The molecule has 28 heavy (non-hydrogen) atoms. The topological polar surface area (TPSA) is 60.9 Å². The van der Waals surface area contributed by atoms with Gasteiger partial charge in [0.2, 0.25) is 15.9 Å². The highest BCUT2D eigenvalue weighted by molar-refractivity contribution is 7.89. The molecule has 1 amide bonds. The summed E-state index contributed by atoms with van der Waals surface area (Å²) in [5.41, 5.74) is 4.06. The van der Waals surface area contributed by atoms with Gasteiger partial charge in [-0.3, -0.25) is 4.79 Å². The van der Waals surface area contributed by atoms with Crippen LogP contribution in [-0.2, 0) is 21.2 Å². The maximum atomic E-state index is 13.1. The molecular weight excluding hydrogens is 374 g/mol. The Morgan fingerprint density at radius 2 is 1.68 bits per heavy atom. The van der Waals surface area contributed by atoms with E-state index in [9.17, 15) is 13.2 Å². The van der Waals surface area contributed by atoms with Gasteiger partial charge in [-0.15, -0.1) is 0 Å². The highest BCUT2D eigenvalue weighted by Crippen LogP contribution is 2.30. The lowest BCUT2D eigenvalue weighted by Gasteiger charge is -2.35. The van der Waals surface area contributed by atoms with Crippen LogP contribution in [0.4, 0.5) is 11.4 Å². The first kappa shape index (κ1) is 19.0. The molecule has 0 aromatic heterocycles. The van der Waals surface area contributed by atoms with E-state index in [4.69, 9.17) is 0 Å². The van der Waals surface area contributed by atoms with E-state index in [-0.39, 0.29) is 5.91 Å². The van der Waals surface area contributed by atoms with Gasteiger partial charge in [0.15, 0.2) is 0 Å². The molecule has 0 bridgehead atoms. The number of benzene rings is 2. The largest absolute Gasteiger partial charge is 0.369 e. The summed E-state index contributed by atoms with van der Waals surface area (Å²) in [6.07, 6.45) is 1.01. The standard InChI is InChI=1S/C21H25N3O3S/c1-16-4-3-5-18(14-16)23-10-12-24(13-11-23)28(26,27)19-7-8-20-17(15-19)6-9-21(25)22(20)2/h3-5,7-8,14-15H,6,9-13H2,1-2H3. The molecule has 2 aliphatic rings. The molecule has 0 N–H and O–H groups in total. The van der Waals surface area contributed by atoms with Crippen LogP contribution in [0.2, 0.25) is 0 Å². The van der Waals surface area contributed by atoms with Crippen LogP contribution in [0.15, 0.2) is 47.4 Å². The first-order valence-corrected chi connectivity index (χ1v) is 11.0. The summed E-state index contributed by atoms with van der Waals surface area (Å²) in [6.45, 7) is 4.33. The SMILES string of the molecule is Cc1cccc(N2CCN(S(=O)(=O)c3ccc4c(c3)CCC(=O)N4C)CC2)c1. The molecule has 1 fully saturated rings. The van der Waals surface area contributed by atoms with Gasteiger partial charge in [0.1, 0.15) is 0 Å². The van der Waals surface area contributed by atoms with Crippen molar-refractivity contribution in [1.82, 2.24) is 4.31 Å². The second-order valence-corrected chi connectivity index (χ2v) is 9.41. The average molecular weight is 400 g/mol. The predicted molar refractivity (Wildman–Crippen MR) is 110 cm³/mol. The Morgan fingerprint density at radius 3 is 2.39 bits per heavy atom. The lowest BCUT2D eigenvalue weighted by atomic mass is 10.0. The lowest BCUT2D eigenvalue weighted by molar-refractivity contribution is -0.118. The summed E-state index contributed by atoms with van der Waals surface area (Å²) in [7, 11) is -1.80. The maximum absolute atomic E-state index is 13.1. The Morgan fingerprint density at radius 1 is 0.929 bits per heavy atom. The Balaban J connectivity index is 1.51. The van der Waals surface area contributed by atoms with Crippen LogP contribution in [0.5, 0.6) is 0 Å².